The number of hydrogen-bond acceptors (Lipinski definition) is 10. The molecule has 3 unspecified atom stereocenters. The highest BCUT2D eigenvalue weighted by atomic mass is 16.4. The van der Waals surface area contributed by atoms with Gasteiger partial charge in [-0.15, -0.1) is 0 Å². The number of phenolic OH excluding ortho intramolecular Hbond substituents is 1. The number of phenols is 1. The van der Waals surface area contributed by atoms with Crippen LogP contribution in [0, 0.1) is 11.8 Å². The molecule has 1 aromatic carbocycles. The van der Waals surface area contributed by atoms with Crippen molar-refractivity contribution in [2.45, 2.75) is 30.6 Å². The van der Waals surface area contributed by atoms with Gasteiger partial charge in [-0.2, -0.15) is 0 Å². The van der Waals surface area contributed by atoms with Crippen LogP contribution in [-0.2, 0) is 14.4 Å². The number of nitrogens with two attached hydrogens (primary N) is 2. The molecule has 0 spiro atoms. The number of aliphatic hydroxyl groups is 4. The summed E-state index contributed by atoms with van der Waals surface area (Å²) in [4.78, 5) is 40.0. The number of anilines is 1. The number of aromatic hydroxyl groups is 1. The molecule has 0 radical (unpaired) electrons. The van der Waals surface area contributed by atoms with E-state index in [1.807, 2.05) is 0 Å². The summed E-state index contributed by atoms with van der Waals surface area (Å²) < 4.78 is 0. The standard InChI is InChI=1S/C22H25N3O8/c1-6-9-7(23)4-5-8(26)11(9)16(27)12-10(6)17(28)14-15(25(2)3)18(29)13(21(24)32)20(31)22(14,33)19(12)30/h4-6,10,14-15,17,26-28,31,33H,23H2,1-3H3,(H2,24,32)/t6-,10?,14?,15-,17?,22-/m0/s1. The van der Waals surface area contributed by atoms with E-state index in [0.717, 1.165) is 0 Å². The zero-order valence-electron chi connectivity index (χ0n) is 18.1. The Balaban J connectivity index is 2.08. The average Bonchev–Trinajstić information content (AvgIpc) is 2.72. The second-order valence-corrected chi connectivity index (χ2v) is 9.01. The maximum absolute atomic E-state index is 13.7. The van der Waals surface area contributed by atoms with Gasteiger partial charge in [-0.25, -0.2) is 0 Å². The third-order valence-electron chi connectivity index (χ3n) is 7.14. The normalized spacial score (nSPS) is 33.7. The summed E-state index contributed by atoms with van der Waals surface area (Å²) in [5.74, 6) is -9.37. The smallest absolute Gasteiger partial charge is 0.255 e. The van der Waals surface area contributed by atoms with Crippen LogP contribution in [0.1, 0.15) is 24.0 Å². The summed E-state index contributed by atoms with van der Waals surface area (Å²) in [6.07, 6.45) is -1.65. The number of nitrogen functional groups attached to an aromatic ring is 1. The Morgan fingerprint density at radius 2 is 1.76 bits per heavy atom. The highest BCUT2D eigenvalue weighted by Gasteiger charge is 2.68. The number of carbonyl (C=O) groups is 3. The number of rotatable bonds is 2. The lowest BCUT2D eigenvalue weighted by molar-refractivity contribution is -0.169. The number of aliphatic hydroxyl groups excluding tert-OH is 3. The number of fused-ring (bicyclic) bond motifs is 3. The van der Waals surface area contributed by atoms with Crippen molar-refractivity contribution in [2.24, 2.45) is 17.6 Å². The highest BCUT2D eigenvalue weighted by molar-refractivity contribution is 6.24. The van der Waals surface area contributed by atoms with Crippen molar-refractivity contribution in [2.75, 3.05) is 19.8 Å². The van der Waals surface area contributed by atoms with E-state index in [1.54, 1.807) is 6.92 Å². The first-order valence-electron chi connectivity index (χ1n) is 10.2. The largest absolute Gasteiger partial charge is 0.508 e. The first-order valence-corrected chi connectivity index (χ1v) is 10.2. The summed E-state index contributed by atoms with van der Waals surface area (Å²) in [7, 11) is 2.89. The first kappa shape index (κ1) is 22.8. The summed E-state index contributed by atoms with van der Waals surface area (Å²) in [6, 6.07) is 1.24. The molecule has 0 aromatic heterocycles. The molecule has 9 N–H and O–H groups in total. The molecule has 176 valence electrons. The van der Waals surface area contributed by atoms with Crippen molar-refractivity contribution < 1.29 is 39.9 Å². The van der Waals surface area contributed by atoms with Crippen molar-refractivity contribution in [1.29, 1.82) is 0 Å². The lowest BCUT2D eigenvalue weighted by atomic mass is 9.54. The Morgan fingerprint density at radius 1 is 1.15 bits per heavy atom. The van der Waals surface area contributed by atoms with E-state index in [-0.39, 0.29) is 17.0 Å². The van der Waals surface area contributed by atoms with Crippen LogP contribution in [-0.4, -0.2) is 79.7 Å². The SMILES string of the molecule is C[C@H]1c2c(N)ccc(O)c2C(O)=C2C(=O)[C@]3(O)C(O)=C(C(N)=O)C(=O)[C@@H](N(C)C)C3C(O)C21. The zero-order valence-corrected chi connectivity index (χ0v) is 18.1. The van der Waals surface area contributed by atoms with Gasteiger partial charge in [0.15, 0.2) is 11.4 Å². The van der Waals surface area contributed by atoms with Crippen molar-refractivity contribution in [3.05, 3.63) is 40.2 Å². The van der Waals surface area contributed by atoms with E-state index in [4.69, 9.17) is 11.5 Å². The fourth-order valence-corrected chi connectivity index (χ4v) is 5.73. The van der Waals surface area contributed by atoms with Crippen molar-refractivity contribution in [3.63, 3.8) is 0 Å². The van der Waals surface area contributed by atoms with Crippen LogP contribution in [0.15, 0.2) is 29.0 Å². The van der Waals surface area contributed by atoms with Crippen LogP contribution in [0.2, 0.25) is 0 Å². The molecule has 0 aliphatic heterocycles. The molecule has 0 bridgehead atoms. The molecule has 0 heterocycles. The molecule has 33 heavy (non-hydrogen) atoms. The maximum atomic E-state index is 13.7. The van der Waals surface area contributed by atoms with Crippen LogP contribution in [0.3, 0.4) is 0 Å². The molecule has 6 atom stereocenters. The van der Waals surface area contributed by atoms with Gasteiger partial charge in [0.25, 0.3) is 5.91 Å². The third-order valence-corrected chi connectivity index (χ3v) is 7.14. The van der Waals surface area contributed by atoms with Crippen LogP contribution in [0.25, 0.3) is 5.76 Å². The lowest BCUT2D eigenvalue weighted by Gasteiger charge is -2.53. The number of carbonyl (C=O) groups excluding carboxylic acids is 3. The molecule has 3 aliphatic carbocycles. The van der Waals surface area contributed by atoms with Crippen molar-refractivity contribution >= 4 is 28.9 Å². The Labute approximate surface area is 188 Å². The number of nitrogens with zero attached hydrogens (tertiary/aromatic N) is 1. The van der Waals surface area contributed by atoms with Gasteiger partial charge in [-0.1, -0.05) is 6.92 Å². The molecule has 1 aromatic rings. The molecule has 3 aliphatic rings. The van der Waals surface area contributed by atoms with E-state index in [2.05, 4.69) is 0 Å². The molecule has 11 heteroatoms. The minimum atomic E-state index is -2.93. The summed E-state index contributed by atoms with van der Waals surface area (Å²) in [5, 5.41) is 55.1. The van der Waals surface area contributed by atoms with Crippen LogP contribution < -0.4 is 11.5 Å². The second-order valence-electron chi connectivity index (χ2n) is 9.01. The van der Waals surface area contributed by atoms with E-state index < -0.39 is 75.6 Å². The Kier molecular flexibility index (Phi) is 4.86. The molecule has 11 nitrogen and oxygen atoms in total. The molecular formula is C22H25N3O8. The van der Waals surface area contributed by atoms with Gasteiger partial charge in [0.1, 0.15) is 22.8 Å². The van der Waals surface area contributed by atoms with Gasteiger partial charge in [0.05, 0.1) is 23.6 Å². The third kappa shape index (κ3) is 2.63. The Hall–Kier alpha value is -3.41. The lowest BCUT2D eigenvalue weighted by Crippen LogP contribution is -2.70. The number of hydrogen-bond donors (Lipinski definition) is 7. The molecule has 1 amide bonds. The summed E-state index contributed by atoms with van der Waals surface area (Å²) in [5.41, 5.74) is 7.35. The molecule has 1 fully saturated rings. The summed E-state index contributed by atoms with van der Waals surface area (Å²) in [6.45, 7) is 1.62. The van der Waals surface area contributed by atoms with Crippen LogP contribution >= 0.6 is 0 Å². The van der Waals surface area contributed by atoms with Gasteiger partial charge in [-0.3, -0.25) is 19.3 Å². The second kappa shape index (κ2) is 7.04. The van der Waals surface area contributed by atoms with E-state index in [1.165, 1.54) is 31.1 Å². The topological polar surface area (TPSA) is 208 Å². The predicted octanol–water partition coefficient (Wildman–Crippen LogP) is -0.922. The van der Waals surface area contributed by atoms with Gasteiger partial charge in [0.2, 0.25) is 5.78 Å². The first-order chi connectivity index (χ1) is 15.3. The van der Waals surface area contributed by atoms with Gasteiger partial charge >= 0.3 is 0 Å². The van der Waals surface area contributed by atoms with E-state index in [0.29, 0.717) is 5.56 Å². The maximum Gasteiger partial charge on any atom is 0.255 e. The van der Waals surface area contributed by atoms with Crippen LogP contribution in [0.4, 0.5) is 5.69 Å². The number of ketones is 2. The summed E-state index contributed by atoms with van der Waals surface area (Å²) >= 11 is 0. The van der Waals surface area contributed by atoms with E-state index >= 15 is 0 Å². The molecular weight excluding hydrogens is 434 g/mol. The van der Waals surface area contributed by atoms with Gasteiger partial charge in [0, 0.05) is 17.2 Å². The minimum absolute atomic E-state index is 0.133. The minimum Gasteiger partial charge on any atom is -0.508 e. The average molecular weight is 459 g/mol. The van der Waals surface area contributed by atoms with Gasteiger partial charge in [-0.05, 0) is 37.7 Å². The number of benzene rings is 1. The van der Waals surface area contributed by atoms with Crippen molar-refractivity contribution in [3.8, 4) is 5.75 Å². The fourth-order valence-electron chi connectivity index (χ4n) is 5.73. The molecule has 4 rings (SSSR count). The predicted molar refractivity (Wildman–Crippen MR) is 115 cm³/mol. The molecule has 0 saturated heterocycles. The number of primary amides is 1. The fraction of sp³-hybridized carbons (Fsp3) is 0.409. The molecule has 1 saturated carbocycles. The van der Waals surface area contributed by atoms with E-state index in [9.17, 15) is 39.9 Å². The Morgan fingerprint density at radius 3 is 2.30 bits per heavy atom. The van der Waals surface area contributed by atoms with Crippen molar-refractivity contribution in [1.82, 2.24) is 4.90 Å². The Bertz CT molecular complexity index is 1190. The monoisotopic (exact) mass is 459 g/mol. The number of amides is 1. The highest BCUT2D eigenvalue weighted by Crippen LogP contribution is 2.56. The van der Waals surface area contributed by atoms with Gasteiger partial charge < -0.3 is 37.0 Å². The van der Waals surface area contributed by atoms with Crippen LogP contribution in [0.5, 0.6) is 5.75 Å². The number of likely N-dealkylation sites (N-methyl/N-ethyl adjacent to an activating group) is 1. The zero-order chi connectivity index (χ0) is 24.7. The number of Topliss-reactive ketones (excluding diaryl/α,β-unsaturated/α-hetero) is 2. The quantitative estimate of drug-likeness (QED) is 0.164.